The molecule has 1 N–H and O–H groups in total. The lowest BCUT2D eigenvalue weighted by molar-refractivity contribution is 1.23. The van der Waals surface area contributed by atoms with Gasteiger partial charge in [-0.25, -0.2) is 9.97 Å². The molecule has 2 rings (SSSR count). The molecule has 0 saturated heterocycles. The van der Waals surface area contributed by atoms with Gasteiger partial charge in [-0.05, 0) is 15.9 Å². The molecule has 0 aliphatic heterocycles. The number of aromatic nitrogens is 3. The third kappa shape index (κ3) is 1.23. The van der Waals surface area contributed by atoms with Crippen LogP contribution in [0.1, 0.15) is 0 Å². The summed E-state index contributed by atoms with van der Waals surface area (Å²) in [4.78, 5) is 11.0. The zero-order chi connectivity index (χ0) is 7.84. The van der Waals surface area contributed by atoms with Crippen LogP contribution >= 0.6 is 27.5 Å². The summed E-state index contributed by atoms with van der Waals surface area (Å²) in [6.07, 6.45) is 1.62. The second-order valence-corrected chi connectivity index (χ2v) is 3.26. The standard InChI is InChI=1S/C6H3BrClN3/c7-4-2-9-6-3(10-4)1-5(8)11-6/h1-2H,(H,9,11). The van der Waals surface area contributed by atoms with E-state index in [1.807, 2.05) is 0 Å². The van der Waals surface area contributed by atoms with Gasteiger partial charge in [0.1, 0.15) is 15.3 Å². The van der Waals surface area contributed by atoms with Crippen molar-refractivity contribution in [3.63, 3.8) is 0 Å². The van der Waals surface area contributed by atoms with E-state index in [4.69, 9.17) is 11.6 Å². The molecule has 0 fully saturated rings. The van der Waals surface area contributed by atoms with Crippen LogP contribution in [0.3, 0.4) is 0 Å². The SMILES string of the molecule is Clc1cc2nc(Br)cnc2[nH]1. The molecule has 2 aromatic rings. The molecule has 0 aliphatic carbocycles. The van der Waals surface area contributed by atoms with Gasteiger partial charge in [0, 0.05) is 6.07 Å². The van der Waals surface area contributed by atoms with E-state index in [0.29, 0.717) is 15.4 Å². The Morgan fingerprint density at radius 2 is 2.36 bits per heavy atom. The number of hydrogen-bond donors (Lipinski definition) is 1. The number of rotatable bonds is 0. The third-order valence-electron chi connectivity index (χ3n) is 1.27. The number of H-pyrrole nitrogens is 1. The van der Waals surface area contributed by atoms with Crippen LogP contribution < -0.4 is 0 Å². The average molecular weight is 232 g/mol. The van der Waals surface area contributed by atoms with E-state index in [2.05, 4.69) is 30.9 Å². The molecule has 0 amide bonds. The van der Waals surface area contributed by atoms with Crippen LogP contribution in [-0.4, -0.2) is 15.0 Å². The van der Waals surface area contributed by atoms with Crippen LogP contribution in [0.2, 0.25) is 5.15 Å². The van der Waals surface area contributed by atoms with Gasteiger partial charge in [0.15, 0.2) is 5.65 Å². The minimum atomic E-state index is 0.554. The maximum atomic E-state index is 5.68. The van der Waals surface area contributed by atoms with Gasteiger partial charge in [-0.2, -0.15) is 0 Å². The van der Waals surface area contributed by atoms with E-state index < -0.39 is 0 Å². The summed E-state index contributed by atoms with van der Waals surface area (Å²) in [6.45, 7) is 0. The molecule has 11 heavy (non-hydrogen) atoms. The predicted molar refractivity (Wildman–Crippen MR) is 46.6 cm³/mol. The number of hydrogen-bond acceptors (Lipinski definition) is 2. The highest BCUT2D eigenvalue weighted by molar-refractivity contribution is 9.10. The molecule has 56 valence electrons. The topological polar surface area (TPSA) is 41.6 Å². The summed E-state index contributed by atoms with van der Waals surface area (Å²) >= 11 is 8.90. The summed E-state index contributed by atoms with van der Waals surface area (Å²) in [7, 11) is 0. The van der Waals surface area contributed by atoms with Gasteiger partial charge in [-0.15, -0.1) is 0 Å². The van der Waals surface area contributed by atoms with Gasteiger partial charge in [0.2, 0.25) is 0 Å². The molecule has 0 bridgehead atoms. The van der Waals surface area contributed by atoms with Crippen molar-refractivity contribution in [3.8, 4) is 0 Å². The summed E-state index contributed by atoms with van der Waals surface area (Å²) < 4.78 is 0.709. The van der Waals surface area contributed by atoms with Crippen LogP contribution in [0.4, 0.5) is 0 Å². The minimum Gasteiger partial charge on any atom is -0.329 e. The Morgan fingerprint density at radius 3 is 3.18 bits per heavy atom. The van der Waals surface area contributed by atoms with Crippen molar-refractivity contribution < 1.29 is 0 Å². The van der Waals surface area contributed by atoms with Crippen LogP contribution in [0.15, 0.2) is 16.9 Å². The monoisotopic (exact) mass is 231 g/mol. The Kier molecular flexibility index (Phi) is 1.58. The summed E-state index contributed by atoms with van der Waals surface area (Å²) in [5.41, 5.74) is 1.47. The first-order chi connectivity index (χ1) is 5.25. The molecule has 0 unspecified atom stereocenters. The Bertz CT molecular complexity index is 398. The van der Waals surface area contributed by atoms with E-state index in [9.17, 15) is 0 Å². The zero-order valence-electron chi connectivity index (χ0n) is 5.31. The third-order valence-corrected chi connectivity index (χ3v) is 1.86. The molecule has 0 radical (unpaired) electrons. The van der Waals surface area contributed by atoms with Crippen molar-refractivity contribution in [1.29, 1.82) is 0 Å². The lowest BCUT2D eigenvalue weighted by Gasteiger charge is -1.87. The van der Waals surface area contributed by atoms with Crippen LogP contribution in [0, 0.1) is 0 Å². The fraction of sp³-hybridized carbons (Fsp3) is 0. The molecular weight excluding hydrogens is 229 g/mol. The molecule has 2 heterocycles. The fourth-order valence-electron chi connectivity index (χ4n) is 0.847. The lowest BCUT2D eigenvalue weighted by atomic mass is 10.5. The summed E-state index contributed by atoms with van der Waals surface area (Å²) in [6, 6.07) is 1.73. The summed E-state index contributed by atoms with van der Waals surface area (Å²) in [5.74, 6) is 0. The second kappa shape index (κ2) is 2.46. The maximum absolute atomic E-state index is 5.68. The smallest absolute Gasteiger partial charge is 0.157 e. The number of aromatic amines is 1. The van der Waals surface area contributed by atoms with Gasteiger partial charge in [0.25, 0.3) is 0 Å². The van der Waals surface area contributed by atoms with Crippen molar-refractivity contribution in [3.05, 3.63) is 22.0 Å². The van der Waals surface area contributed by atoms with Gasteiger partial charge >= 0.3 is 0 Å². The number of nitrogens with zero attached hydrogens (tertiary/aromatic N) is 2. The van der Waals surface area contributed by atoms with E-state index in [-0.39, 0.29) is 0 Å². The minimum absolute atomic E-state index is 0.554. The average Bonchev–Trinajstić information content (AvgIpc) is 2.27. The normalized spacial score (nSPS) is 10.7. The molecule has 0 aromatic carbocycles. The molecule has 2 aromatic heterocycles. The molecule has 0 saturated carbocycles. The van der Waals surface area contributed by atoms with E-state index >= 15 is 0 Å². The highest BCUT2D eigenvalue weighted by Crippen LogP contribution is 2.16. The van der Waals surface area contributed by atoms with Crippen LogP contribution in [0.5, 0.6) is 0 Å². The summed E-state index contributed by atoms with van der Waals surface area (Å²) in [5, 5.41) is 0.554. The maximum Gasteiger partial charge on any atom is 0.157 e. The van der Waals surface area contributed by atoms with E-state index in [1.165, 1.54) is 0 Å². The Morgan fingerprint density at radius 1 is 1.55 bits per heavy atom. The van der Waals surface area contributed by atoms with Crippen molar-refractivity contribution in [1.82, 2.24) is 15.0 Å². The van der Waals surface area contributed by atoms with Gasteiger partial charge < -0.3 is 4.98 Å². The van der Waals surface area contributed by atoms with Gasteiger partial charge in [-0.1, -0.05) is 11.6 Å². The number of halogens is 2. The molecule has 5 heteroatoms. The van der Waals surface area contributed by atoms with E-state index in [1.54, 1.807) is 12.3 Å². The molecule has 0 spiro atoms. The Labute approximate surface area is 75.9 Å². The highest BCUT2D eigenvalue weighted by Gasteiger charge is 2.00. The van der Waals surface area contributed by atoms with Gasteiger partial charge in [0.05, 0.1) is 6.20 Å². The first-order valence-electron chi connectivity index (χ1n) is 2.92. The quantitative estimate of drug-likeness (QED) is 0.758. The highest BCUT2D eigenvalue weighted by atomic mass is 79.9. The van der Waals surface area contributed by atoms with Crippen molar-refractivity contribution in [2.45, 2.75) is 0 Å². The van der Waals surface area contributed by atoms with E-state index in [0.717, 1.165) is 5.52 Å². The van der Waals surface area contributed by atoms with Crippen molar-refractivity contribution in [2.24, 2.45) is 0 Å². The fourth-order valence-corrected chi connectivity index (χ4v) is 1.33. The Hall–Kier alpha value is -0.610. The van der Waals surface area contributed by atoms with Crippen molar-refractivity contribution in [2.75, 3.05) is 0 Å². The first kappa shape index (κ1) is 7.06. The van der Waals surface area contributed by atoms with Crippen molar-refractivity contribution >= 4 is 38.7 Å². The number of nitrogens with one attached hydrogen (secondary N) is 1. The zero-order valence-corrected chi connectivity index (χ0v) is 7.65. The lowest BCUT2D eigenvalue weighted by Crippen LogP contribution is -1.79. The van der Waals surface area contributed by atoms with Crippen LogP contribution in [0.25, 0.3) is 11.2 Å². The molecular formula is C6H3BrClN3. The Balaban J connectivity index is 2.82. The number of fused-ring (bicyclic) bond motifs is 1. The van der Waals surface area contributed by atoms with Gasteiger partial charge in [-0.3, -0.25) is 0 Å². The first-order valence-corrected chi connectivity index (χ1v) is 4.09. The molecule has 3 nitrogen and oxygen atoms in total. The van der Waals surface area contributed by atoms with Crippen LogP contribution in [-0.2, 0) is 0 Å². The molecule has 0 atom stereocenters. The molecule has 0 aliphatic rings. The largest absolute Gasteiger partial charge is 0.329 e. The predicted octanol–water partition coefficient (Wildman–Crippen LogP) is 2.37. The second-order valence-electron chi connectivity index (χ2n) is 2.04.